The molecule has 5 N–H and O–H groups in total. The summed E-state index contributed by atoms with van der Waals surface area (Å²) in [6.07, 6.45) is 1.12. The van der Waals surface area contributed by atoms with Crippen molar-refractivity contribution in [3.63, 3.8) is 0 Å². The third-order valence-corrected chi connectivity index (χ3v) is 12.7. The number of nitrogens with two attached hydrogens (primary N) is 1. The summed E-state index contributed by atoms with van der Waals surface area (Å²) in [5, 5.41) is 86.9. The minimum atomic E-state index is -3.39. The first-order valence-corrected chi connectivity index (χ1v) is 23.0. The van der Waals surface area contributed by atoms with E-state index in [4.69, 9.17) is 5.73 Å². The summed E-state index contributed by atoms with van der Waals surface area (Å²) in [5.74, 6) is -0.525. The van der Waals surface area contributed by atoms with Gasteiger partial charge in [-0.25, -0.2) is 8.42 Å². The lowest BCUT2D eigenvalue weighted by atomic mass is 9.98. The first-order valence-electron chi connectivity index (χ1n) is 21.1. The maximum Gasteiger partial charge on any atom is 0.269 e. The van der Waals surface area contributed by atoms with Crippen LogP contribution in [0.5, 0.6) is 17.4 Å². The van der Waals surface area contributed by atoms with E-state index in [1.165, 1.54) is 47.1 Å². The summed E-state index contributed by atoms with van der Waals surface area (Å²) in [6.45, 7) is 12.5. The van der Waals surface area contributed by atoms with E-state index in [2.05, 4.69) is 46.0 Å². The molecular formula is C49H44N12O7S. The smallest absolute Gasteiger partial charge is 0.269 e. The largest absolute Gasteiger partial charge is 0.505 e. The molecule has 1 aromatic heterocycles. The molecule has 8 aromatic rings. The maximum atomic E-state index is 11.9. The first kappa shape index (κ1) is 46.7. The fourth-order valence-electron chi connectivity index (χ4n) is 7.76. The summed E-state index contributed by atoms with van der Waals surface area (Å²) in [4.78, 5) is 10.8. The van der Waals surface area contributed by atoms with Gasteiger partial charge < -0.3 is 21.1 Å². The number of non-ortho nitro benzene ring substituents is 1. The zero-order chi connectivity index (χ0) is 49.6. The number of sulfone groups is 1. The Kier molecular flexibility index (Phi) is 12.3. The standard InChI is InChI=1S/C49H44N12O7S/c1-24-23-41(43(50)42-36(24)21-27(4)45(48(42)63)57-52-39-17-12-33(61(65)66)20-26(39)3)55-54-40-18-15-35-37(29(40)6)22-28(5)44(47(35)62)56-51-31-9-16-38(25(2)19-31)53-58-46-30(7)59-60(49(46)64)32-10-13-34(14-11-32)69(8,67)68/h9-23,62-64H,50H2,1-8H3/b55-54+,56-51+,57-52+,58-53+. The van der Waals surface area contributed by atoms with E-state index in [1.807, 2.05) is 39.8 Å². The zero-order valence-corrected chi connectivity index (χ0v) is 39.4. The number of phenolic OH excluding ortho intramolecular Hbond substituents is 2. The van der Waals surface area contributed by atoms with E-state index in [0.717, 1.165) is 22.8 Å². The highest BCUT2D eigenvalue weighted by Crippen LogP contribution is 2.47. The summed E-state index contributed by atoms with van der Waals surface area (Å²) in [7, 11) is -3.39. The van der Waals surface area contributed by atoms with Gasteiger partial charge in [-0.1, -0.05) is 0 Å². The van der Waals surface area contributed by atoms with E-state index in [1.54, 1.807) is 57.2 Å². The Morgan fingerprint density at radius 3 is 1.78 bits per heavy atom. The molecule has 0 aliphatic heterocycles. The number of anilines is 1. The quantitative estimate of drug-likeness (QED) is 0.0414. The van der Waals surface area contributed by atoms with Crippen LogP contribution in [0.2, 0.25) is 0 Å². The molecule has 348 valence electrons. The third kappa shape index (κ3) is 9.07. The maximum absolute atomic E-state index is 11.9. The molecule has 19 nitrogen and oxygen atoms in total. The Bertz CT molecular complexity index is 3700. The van der Waals surface area contributed by atoms with E-state index in [0.29, 0.717) is 78.2 Å². The van der Waals surface area contributed by atoms with Crippen molar-refractivity contribution in [2.24, 2.45) is 40.9 Å². The Hall–Kier alpha value is -8.78. The van der Waals surface area contributed by atoms with Crippen molar-refractivity contribution in [2.75, 3.05) is 12.0 Å². The molecule has 8 rings (SSSR count). The van der Waals surface area contributed by atoms with Gasteiger partial charge in [-0.2, -0.15) is 30.2 Å². The van der Waals surface area contributed by atoms with Gasteiger partial charge in [0.1, 0.15) is 17.1 Å². The number of azo groups is 4. The Balaban J connectivity index is 1.02. The lowest BCUT2D eigenvalue weighted by Gasteiger charge is -2.14. The molecular weight excluding hydrogens is 901 g/mol. The number of rotatable bonds is 11. The topological polar surface area (TPSA) is 281 Å². The molecule has 20 heteroatoms. The summed E-state index contributed by atoms with van der Waals surface area (Å²) in [5.41, 5.74) is 14.5. The van der Waals surface area contributed by atoms with Gasteiger partial charge in [0, 0.05) is 23.8 Å². The molecule has 0 aliphatic carbocycles. The summed E-state index contributed by atoms with van der Waals surface area (Å²) < 4.78 is 25.0. The van der Waals surface area contributed by atoms with Gasteiger partial charge in [-0.15, -0.1) is 20.5 Å². The second-order valence-electron chi connectivity index (χ2n) is 16.6. The molecule has 0 fully saturated rings. The average molecular weight is 945 g/mol. The minimum absolute atomic E-state index is 0.0664. The summed E-state index contributed by atoms with van der Waals surface area (Å²) >= 11 is 0. The monoisotopic (exact) mass is 944 g/mol. The molecule has 7 aromatic carbocycles. The Morgan fingerprint density at radius 2 is 1.14 bits per heavy atom. The minimum Gasteiger partial charge on any atom is -0.505 e. The highest BCUT2D eigenvalue weighted by molar-refractivity contribution is 7.90. The van der Waals surface area contributed by atoms with Gasteiger partial charge in [0.05, 0.1) is 55.0 Å². The molecule has 0 radical (unpaired) electrons. The van der Waals surface area contributed by atoms with Crippen LogP contribution >= 0.6 is 0 Å². The van der Waals surface area contributed by atoms with Gasteiger partial charge in [0.15, 0.2) is 27.0 Å². The number of aromatic nitrogens is 2. The van der Waals surface area contributed by atoms with Gasteiger partial charge >= 0.3 is 0 Å². The molecule has 0 bridgehead atoms. The van der Waals surface area contributed by atoms with Crippen LogP contribution in [0.15, 0.2) is 137 Å². The van der Waals surface area contributed by atoms with Crippen LogP contribution in [-0.4, -0.2) is 44.7 Å². The van der Waals surface area contributed by atoms with Crippen molar-refractivity contribution in [1.29, 1.82) is 0 Å². The van der Waals surface area contributed by atoms with Crippen LogP contribution in [0, 0.1) is 58.6 Å². The van der Waals surface area contributed by atoms with Crippen LogP contribution in [0.4, 0.5) is 56.9 Å². The molecule has 0 aliphatic rings. The van der Waals surface area contributed by atoms with Gasteiger partial charge in [0.2, 0.25) is 5.88 Å². The molecule has 0 saturated heterocycles. The van der Waals surface area contributed by atoms with Crippen LogP contribution in [-0.2, 0) is 9.84 Å². The van der Waals surface area contributed by atoms with Gasteiger partial charge in [-0.3, -0.25) is 10.1 Å². The highest BCUT2D eigenvalue weighted by atomic mass is 32.2. The van der Waals surface area contributed by atoms with E-state index >= 15 is 0 Å². The van der Waals surface area contributed by atoms with Crippen molar-refractivity contribution in [3.8, 4) is 23.1 Å². The number of hydrogen-bond acceptors (Lipinski definition) is 17. The lowest BCUT2D eigenvalue weighted by Crippen LogP contribution is -1.99. The van der Waals surface area contributed by atoms with Crippen LogP contribution < -0.4 is 5.73 Å². The number of nitro benzene ring substituents is 1. The number of aryl methyl sites for hydroxylation is 7. The predicted molar refractivity (Wildman–Crippen MR) is 263 cm³/mol. The normalized spacial score (nSPS) is 12.3. The highest BCUT2D eigenvalue weighted by Gasteiger charge is 2.20. The number of nitrogens with zero attached hydrogens (tertiary/aromatic N) is 11. The lowest BCUT2D eigenvalue weighted by molar-refractivity contribution is -0.384. The molecule has 1 heterocycles. The Morgan fingerprint density at radius 1 is 0.580 bits per heavy atom. The zero-order valence-electron chi connectivity index (χ0n) is 38.5. The van der Waals surface area contributed by atoms with Crippen molar-refractivity contribution >= 4 is 88.3 Å². The fourth-order valence-corrected chi connectivity index (χ4v) is 8.39. The van der Waals surface area contributed by atoms with E-state index in [9.17, 15) is 33.9 Å². The number of benzene rings is 7. The number of nitrogen functional groups attached to an aromatic ring is 1. The number of nitro groups is 1. The second kappa shape index (κ2) is 18.1. The van der Waals surface area contributed by atoms with E-state index < -0.39 is 14.8 Å². The van der Waals surface area contributed by atoms with Gasteiger partial charge in [0.25, 0.3) is 5.69 Å². The molecule has 0 atom stereocenters. The number of phenols is 2. The number of fused-ring (bicyclic) bond motifs is 2. The van der Waals surface area contributed by atoms with Crippen molar-refractivity contribution in [2.45, 2.75) is 53.4 Å². The van der Waals surface area contributed by atoms with Crippen LogP contribution in [0.3, 0.4) is 0 Å². The van der Waals surface area contributed by atoms with Crippen molar-refractivity contribution in [1.82, 2.24) is 9.78 Å². The molecule has 69 heavy (non-hydrogen) atoms. The summed E-state index contributed by atoms with van der Waals surface area (Å²) in [6, 6.07) is 24.3. The SMILES string of the molecule is Cc1cc([N+](=O)[O-])ccc1/N=N/c1c(C)cc2c(C)cc(/N=N/c3ccc4c(O)c(/N=N/c5ccc(/N=N/c6c(C)nn(-c7ccc(S(C)(=O)=O)cc7)c6O)c(C)c5)c(C)cc4c3C)c(N)c2c1O. The molecule has 0 unspecified atom stereocenters. The van der Waals surface area contributed by atoms with Crippen molar-refractivity contribution in [3.05, 3.63) is 140 Å². The second-order valence-corrected chi connectivity index (χ2v) is 18.6. The van der Waals surface area contributed by atoms with E-state index in [-0.39, 0.29) is 50.7 Å². The van der Waals surface area contributed by atoms with Crippen molar-refractivity contribution < 1.29 is 28.7 Å². The average Bonchev–Trinajstić information content (AvgIpc) is 3.58. The first-order chi connectivity index (χ1) is 32.7. The van der Waals surface area contributed by atoms with Crippen LogP contribution in [0.1, 0.15) is 39.1 Å². The van der Waals surface area contributed by atoms with Crippen LogP contribution in [0.25, 0.3) is 27.2 Å². The molecule has 0 spiro atoms. The van der Waals surface area contributed by atoms with Gasteiger partial charge in [-0.05, 0) is 171 Å². The third-order valence-electron chi connectivity index (χ3n) is 11.6. The Labute approximate surface area is 394 Å². The molecule has 0 saturated carbocycles. The predicted octanol–water partition coefficient (Wildman–Crippen LogP) is 14.0. The molecule has 0 amide bonds. The fraction of sp³-hybridized carbons (Fsp3) is 0.163. The number of aromatic hydroxyl groups is 3. The number of hydrogen-bond donors (Lipinski definition) is 4.